The van der Waals surface area contributed by atoms with Crippen LogP contribution in [0.5, 0.6) is 0 Å². The molecule has 1 saturated carbocycles. The van der Waals surface area contributed by atoms with Crippen LogP contribution in [0, 0.1) is 0 Å². The molecular weight excluding hydrogens is 378 g/mol. The molecule has 26 heavy (non-hydrogen) atoms. The third-order valence-corrected chi connectivity index (χ3v) is 7.21. The first-order valence-corrected chi connectivity index (χ1v) is 10.7. The van der Waals surface area contributed by atoms with Gasteiger partial charge in [0, 0.05) is 24.6 Å². The van der Waals surface area contributed by atoms with Crippen molar-refractivity contribution in [2.45, 2.75) is 62.8 Å². The molecule has 1 aliphatic rings. The lowest BCUT2D eigenvalue weighted by Gasteiger charge is -2.32. The Morgan fingerprint density at radius 3 is 2.42 bits per heavy atom. The minimum absolute atomic E-state index is 0.0545. The Hall–Kier alpha value is -1.44. The Labute approximate surface area is 159 Å². The van der Waals surface area contributed by atoms with Crippen molar-refractivity contribution in [3.63, 3.8) is 0 Å². The molecule has 0 aliphatic heterocycles. The highest BCUT2D eigenvalue weighted by Crippen LogP contribution is 2.31. The number of ketones is 1. The van der Waals surface area contributed by atoms with Gasteiger partial charge < -0.3 is 5.11 Å². The maximum absolute atomic E-state index is 13.2. The summed E-state index contributed by atoms with van der Waals surface area (Å²) in [7, 11) is -3.84. The molecule has 0 aromatic heterocycles. The van der Waals surface area contributed by atoms with Crippen LogP contribution < -0.4 is 0 Å². The van der Waals surface area contributed by atoms with E-state index in [0.717, 1.165) is 32.1 Å². The van der Waals surface area contributed by atoms with Gasteiger partial charge in [0.1, 0.15) is 4.90 Å². The van der Waals surface area contributed by atoms with Crippen molar-refractivity contribution in [1.29, 1.82) is 0 Å². The number of aliphatic carboxylic acids is 1. The minimum atomic E-state index is -3.84. The Morgan fingerprint density at radius 2 is 1.85 bits per heavy atom. The molecule has 0 unspecified atom stereocenters. The van der Waals surface area contributed by atoms with E-state index in [1.807, 2.05) is 0 Å². The number of carboxylic acid groups (broad SMARTS) is 1. The zero-order valence-corrected chi connectivity index (χ0v) is 16.4. The van der Waals surface area contributed by atoms with Gasteiger partial charge in [-0.05, 0) is 31.0 Å². The van der Waals surface area contributed by atoms with Crippen molar-refractivity contribution in [2.24, 2.45) is 0 Å². The zero-order valence-electron chi connectivity index (χ0n) is 14.8. The van der Waals surface area contributed by atoms with Crippen LogP contribution in [-0.4, -0.2) is 42.2 Å². The van der Waals surface area contributed by atoms with Crippen molar-refractivity contribution in [2.75, 3.05) is 6.54 Å². The number of hydrogen-bond acceptors (Lipinski definition) is 4. The van der Waals surface area contributed by atoms with Gasteiger partial charge in [0.2, 0.25) is 10.0 Å². The fourth-order valence-electron chi connectivity index (χ4n) is 3.36. The third kappa shape index (κ3) is 4.84. The lowest BCUT2D eigenvalue weighted by Crippen LogP contribution is -2.41. The summed E-state index contributed by atoms with van der Waals surface area (Å²) in [4.78, 5) is 22.7. The second-order valence-corrected chi connectivity index (χ2v) is 8.73. The molecule has 144 valence electrons. The number of hydrogen-bond donors (Lipinski definition) is 1. The smallest absolute Gasteiger partial charge is 0.303 e. The van der Waals surface area contributed by atoms with Gasteiger partial charge >= 0.3 is 5.97 Å². The van der Waals surface area contributed by atoms with Gasteiger partial charge in [0.05, 0.1) is 11.4 Å². The predicted molar refractivity (Wildman–Crippen MR) is 99.1 cm³/mol. The van der Waals surface area contributed by atoms with Crippen LogP contribution >= 0.6 is 11.6 Å². The minimum Gasteiger partial charge on any atom is -0.481 e. The van der Waals surface area contributed by atoms with E-state index in [1.165, 1.54) is 22.5 Å². The van der Waals surface area contributed by atoms with E-state index < -0.39 is 21.8 Å². The number of Topliss-reactive ketones (excluding diaryl/α,β-unsaturated/α-hetero) is 1. The number of carbonyl (C=O) groups excluding carboxylic acids is 1. The number of benzene rings is 1. The molecule has 0 bridgehead atoms. The predicted octanol–water partition coefficient (Wildman–Crippen LogP) is 3.73. The van der Waals surface area contributed by atoms with E-state index in [1.54, 1.807) is 6.92 Å². The summed E-state index contributed by atoms with van der Waals surface area (Å²) >= 11 is 6.14. The largest absolute Gasteiger partial charge is 0.481 e. The van der Waals surface area contributed by atoms with Gasteiger partial charge in [-0.15, -0.1) is 0 Å². The van der Waals surface area contributed by atoms with E-state index >= 15 is 0 Å². The van der Waals surface area contributed by atoms with E-state index in [9.17, 15) is 18.0 Å². The summed E-state index contributed by atoms with van der Waals surface area (Å²) in [5, 5.41) is 8.77. The number of sulfonamides is 1. The van der Waals surface area contributed by atoms with E-state index in [2.05, 4.69) is 0 Å². The van der Waals surface area contributed by atoms with E-state index in [4.69, 9.17) is 16.7 Å². The van der Waals surface area contributed by atoms with Gasteiger partial charge in [-0.1, -0.05) is 37.8 Å². The van der Waals surface area contributed by atoms with Crippen LogP contribution in [0.25, 0.3) is 0 Å². The Balaban J connectivity index is 2.33. The highest BCUT2D eigenvalue weighted by Gasteiger charge is 2.33. The summed E-state index contributed by atoms with van der Waals surface area (Å²) in [6.45, 7) is 2.13. The normalized spacial score (nSPS) is 16.0. The van der Waals surface area contributed by atoms with Crippen LogP contribution in [0.1, 0.15) is 62.2 Å². The molecular formula is C18H24ClNO5S. The van der Waals surface area contributed by atoms with E-state index in [0.29, 0.717) is 6.54 Å². The summed E-state index contributed by atoms with van der Waals surface area (Å²) < 4.78 is 27.8. The average molecular weight is 402 g/mol. The SMILES string of the molecule is CCN(C1CCCCC1)S(=O)(=O)c1cc(C(=O)CCC(=O)O)ccc1Cl. The van der Waals surface area contributed by atoms with Crippen molar-refractivity contribution in [3.8, 4) is 0 Å². The second-order valence-electron chi connectivity index (χ2n) is 6.46. The van der Waals surface area contributed by atoms with Crippen LogP contribution in [0.4, 0.5) is 0 Å². The molecule has 0 saturated heterocycles. The number of rotatable bonds is 8. The fourth-order valence-corrected chi connectivity index (χ4v) is 5.56. The Bertz CT molecular complexity index is 772. The van der Waals surface area contributed by atoms with Crippen LogP contribution in [0.2, 0.25) is 5.02 Å². The first-order chi connectivity index (χ1) is 12.3. The van der Waals surface area contributed by atoms with Crippen molar-refractivity contribution >= 4 is 33.4 Å². The third-order valence-electron chi connectivity index (χ3n) is 4.70. The highest BCUT2D eigenvalue weighted by molar-refractivity contribution is 7.89. The van der Waals surface area contributed by atoms with Gasteiger partial charge in [-0.2, -0.15) is 4.31 Å². The molecule has 0 radical (unpaired) electrons. The van der Waals surface area contributed by atoms with Crippen LogP contribution in [0.15, 0.2) is 23.1 Å². The monoisotopic (exact) mass is 401 g/mol. The van der Waals surface area contributed by atoms with Crippen molar-refractivity contribution in [3.05, 3.63) is 28.8 Å². The molecule has 0 spiro atoms. The molecule has 1 fully saturated rings. The molecule has 0 heterocycles. The molecule has 0 atom stereocenters. The quantitative estimate of drug-likeness (QED) is 0.670. The number of carboxylic acids is 1. The van der Waals surface area contributed by atoms with Crippen LogP contribution in [-0.2, 0) is 14.8 Å². The molecule has 2 rings (SSSR count). The van der Waals surface area contributed by atoms with Crippen molar-refractivity contribution < 1.29 is 23.1 Å². The molecule has 6 nitrogen and oxygen atoms in total. The summed E-state index contributed by atoms with van der Waals surface area (Å²) in [5.74, 6) is -1.49. The lowest BCUT2D eigenvalue weighted by atomic mass is 9.95. The Kier molecular flexibility index (Phi) is 7.20. The van der Waals surface area contributed by atoms with Crippen molar-refractivity contribution in [1.82, 2.24) is 4.31 Å². The van der Waals surface area contributed by atoms with Crippen LogP contribution in [0.3, 0.4) is 0 Å². The fraction of sp³-hybridized carbons (Fsp3) is 0.556. The summed E-state index contributed by atoms with van der Waals surface area (Å²) in [6, 6.07) is 4.04. The topological polar surface area (TPSA) is 91.8 Å². The first kappa shape index (κ1) is 20.9. The molecule has 1 aromatic carbocycles. The molecule has 8 heteroatoms. The number of carbonyl (C=O) groups is 2. The zero-order chi connectivity index (χ0) is 19.3. The number of halogens is 1. The van der Waals surface area contributed by atoms with E-state index in [-0.39, 0.29) is 34.4 Å². The summed E-state index contributed by atoms with van der Waals surface area (Å²) in [5.41, 5.74) is 0.161. The summed E-state index contributed by atoms with van der Waals surface area (Å²) in [6.07, 6.45) is 4.27. The van der Waals surface area contributed by atoms with Gasteiger partial charge in [0.25, 0.3) is 0 Å². The van der Waals surface area contributed by atoms with Gasteiger partial charge in [-0.3, -0.25) is 9.59 Å². The second kappa shape index (κ2) is 8.97. The maximum Gasteiger partial charge on any atom is 0.303 e. The first-order valence-electron chi connectivity index (χ1n) is 8.83. The molecule has 1 N–H and O–H groups in total. The maximum atomic E-state index is 13.2. The molecule has 1 aliphatic carbocycles. The lowest BCUT2D eigenvalue weighted by molar-refractivity contribution is -0.136. The standard InChI is InChI=1S/C18H24ClNO5S/c1-2-20(14-6-4-3-5-7-14)26(24,25)17-12-13(8-9-15(17)19)16(21)10-11-18(22)23/h8-9,12,14H,2-7,10-11H2,1H3,(H,22,23). The number of nitrogens with zero attached hydrogens (tertiary/aromatic N) is 1. The highest BCUT2D eigenvalue weighted by atomic mass is 35.5. The molecule has 0 amide bonds. The Morgan fingerprint density at radius 1 is 1.19 bits per heavy atom. The van der Waals surface area contributed by atoms with Gasteiger partial charge in [-0.25, -0.2) is 8.42 Å². The average Bonchev–Trinajstić information content (AvgIpc) is 2.61. The molecule has 1 aromatic rings. The van der Waals surface area contributed by atoms with Gasteiger partial charge in [0.15, 0.2) is 5.78 Å².